The van der Waals surface area contributed by atoms with E-state index in [1.54, 1.807) is 33.8 Å². The summed E-state index contributed by atoms with van der Waals surface area (Å²) in [4.78, 5) is 11.3. The monoisotopic (exact) mass is 332 g/mol. The molecule has 1 rings (SSSR count). The number of carbonyl (C=O) groups excluding carboxylic acids is 1. The molecule has 0 aromatic heterocycles. The van der Waals surface area contributed by atoms with Crippen LogP contribution < -0.4 is 10.6 Å². The van der Waals surface area contributed by atoms with Gasteiger partial charge in [-0.05, 0) is 44.9 Å². The van der Waals surface area contributed by atoms with E-state index in [4.69, 9.17) is 4.74 Å². The van der Waals surface area contributed by atoms with E-state index >= 15 is 0 Å². The number of halogens is 3. The molecule has 0 unspecified atom stereocenters. The lowest BCUT2D eigenvalue weighted by molar-refractivity contribution is -0.00376. The third-order valence-corrected chi connectivity index (χ3v) is 2.83. The van der Waals surface area contributed by atoms with Gasteiger partial charge in [-0.25, -0.2) is 18.0 Å². The van der Waals surface area contributed by atoms with Crippen LogP contribution in [0.5, 0.6) is 0 Å². The molecule has 130 valence electrons. The van der Waals surface area contributed by atoms with Gasteiger partial charge in [-0.3, -0.25) is 0 Å². The predicted octanol–water partition coefficient (Wildman–Crippen LogP) is 3.38. The number of nitrogens with one attached hydrogen (secondary N) is 2. The van der Waals surface area contributed by atoms with Crippen molar-refractivity contribution in [3.05, 3.63) is 35.1 Å². The highest BCUT2D eigenvalue weighted by molar-refractivity contribution is 5.67. The van der Waals surface area contributed by atoms with Gasteiger partial charge in [0.25, 0.3) is 5.92 Å². The van der Waals surface area contributed by atoms with Crippen molar-refractivity contribution in [1.29, 1.82) is 0 Å². The molecule has 0 atom stereocenters. The number of hydrogen-bond acceptors (Lipinski definition) is 3. The molecule has 23 heavy (non-hydrogen) atoms. The highest BCUT2D eigenvalue weighted by Crippen LogP contribution is 2.13. The minimum absolute atomic E-state index is 0.184. The molecule has 0 aliphatic heterocycles. The van der Waals surface area contributed by atoms with E-state index in [1.807, 2.05) is 5.32 Å². The first-order valence-corrected chi connectivity index (χ1v) is 7.29. The maximum Gasteiger partial charge on any atom is 0.407 e. The normalized spacial score (nSPS) is 12.1. The van der Waals surface area contributed by atoms with Crippen molar-refractivity contribution >= 4 is 6.09 Å². The van der Waals surface area contributed by atoms with Crippen molar-refractivity contribution < 1.29 is 22.7 Å². The first kappa shape index (κ1) is 19.3. The number of alkyl carbamates (subject to hydrolysis) is 1. The van der Waals surface area contributed by atoms with Gasteiger partial charge in [-0.2, -0.15) is 0 Å². The Morgan fingerprint density at radius 3 is 2.43 bits per heavy atom. The minimum atomic E-state index is -3.12. The van der Waals surface area contributed by atoms with Crippen molar-refractivity contribution in [2.75, 3.05) is 13.1 Å². The lowest BCUT2D eigenvalue weighted by Gasteiger charge is -2.22. The van der Waals surface area contributed by atoms with Gasteiger partial charge in [0.05, 0.1) is 13.1 Å². The summed E-state index contributed by atoms with van der Waals surface area (Å²) in [7, 11) is 0. The minimum Gasteiger partial charge on any atom is -0.444 e. The molecule has 0 aliphatic carbocycles. The predicted molar refractivity (Wildman–Crippen MR) is 82.0 cm³/mol. The van der Waals surface area contributed by atoms with Crippen LogP contribution >= 0.6 is 0 Å². The Morgan fingerprint density at radius 2 is 1.87 bits per heavy atom. The van der Waals surface area contributed by atoms with Crippen molar-refractivity contribution in [2.45, 2.75) is 45.8 Å². The number of benzene rings is 1. The van der Waals surface area contributed by atoms with Gasteiger partial charge in [0.1, 0.15) is 11.4 Å². The van der Waals surface area contributed by atoms with Crippen molar-refractivity contribution in [3.8, 4) is 0 Å². The van der Waals surface area contributed by atoms with Crippen molar-refractivity contribution in [2.24, 2.45) is 0 Å². The Hall–Kier alpha value is -1.76. The summed E-state index contributed by atoms with van der Waals surface area (Å²) < 4.78 is 45.3. The first-order chi connectivity index (χ1) is 10.5. The molecular formula is C16H23F3N2O2. The van der Waals surface area contributed by atoms with Crippen LogP contribution in [0, 0.1) is 12.7 Å². The molecule has 0 fully saturated rings. The van der Waals surface area contributed by atoms with Gasteiger partial charge in [0.15, 0.2) is 0 Å². The maximum absolute atomic E-state index is 13.7. The third-order valence-electron chi connectivity index (χ3n) is 2.83. The van der Waals surface area contributed by atoms with Crippen LogP contribution in [0.2, 0.25) is 0 Å². The SMILES string of the molecule is Cc1cc(CNCC(F)(F)CNC(=O)OC(C)(C)C)ccc1F. The van der Waals surface area contributed by atoms with Gasteiger partial charge in [-0.1, -0.05) is 12.1 Å². The highest BCUT2D eigenvalue weighted by atomic mass is 19.3. The molecule has 0 saturated heterocycles. The van der Waals surface area contributed by atoms with Crippen LogP contribution in [-0.2, 0) is 11.3 Å². The highest BCUT2D eigenvalue weighted by Gasteiger charge is 2.30. The lowest BCUT2D eigenvalue weighted by Crippen LogP contribution is -2.44. The van der Waals surface area contributed by atoms with Crippen LogP contribution in [0.1, 0.15) is 31.9 Å². The molecule has 1 aromatic carbocycles. The van der Waals surface area contributed by atoms with E-state index in [-0.39, 0.29) is 12.4 Å². The van der Waals surface area contributed by atoms with Gasteiger partial charge < -0.3 is 15.4 Å². The quantitative estimate of drug-likeness (QED) is 0.840. The zero-order valence-corrected chi connectivity index (χ0v) is 13.8. The molecule has 7 heteroatoms. The molecule has 4 nitrogen and oxygen atoms in total. The van der Waals surface area contributed by atoms with Crippen LogP contribution in [-0.4, -0.2) is 30.7 Å². The summed E-state index contributed by atoms with van der Waals surface area (Å²) in [6.45, 7) is 5.31. The Bertz CT molecular complexity index is 543. The fourth-order valence-corrected chi connectivity index (χ4v) is 1.78. The number of amides is 1. The summed E-state index contributed by atoms with van der Waals surface area (Å²) in [6, 6.07) is 4.43. The molecule has 0 spiro atoms. The Morgan fingerprint density at radius 1 is 1.22 bits per heavy atom. The fourth-order valence-electron chi connectivity index (χ4n) is 1.78. The van der Waals surface area contributed by atoms with E-state index in [1.165, 1.54) is 12.1 Å². The Balaban J connectivity index is 2.37. The molecule has 1 aromatic rings. The van der Waals surface area contributed by atoms with E-state index in [2.05, 4.69) is 5.32 Å². The number of rotatable bonds is 6. The second kappa shape index (κ2) is 7.68. The zero-order chi connectivity index (χ0) is 17.7. The summed E-state index contributed by atoms with van der Waals surface area (Å²) in [5, 5.41) is 4.64. The smallest absolute Gasteiger partial charge is 0.407 e. The largest absolute Gasteiger partial charge is 0.444 e. The van der Waals surface area contributed by atoms with Crippen LogP contribution in [0.25, 0.3) is 0 Å². The number of ether oxygens (including phenoxy) is 1. The van der Waals surface area contributed by atoms with Crippen LogP contribution in [0.4, 0.5) is 18.0 Å². The van der Waals surface area contributed by atoms with Gasteiger partial charge >= 0.3 is 6.09 Å². The van der Waals surface area contributed by atoms with Crippen LogP contribution in [0.3, 0.4) is 0 Å². The molecule has 0 bridgehead atoms. The van der Waals surface area contributed by atoms with E-state index in [0.29, 0.717) is 11.1 Å². The summed E-state index contributed by atoms with van der Waals surface area (Å²) in [6.07, 6.45) is -0.883. The summed E-state index contributed by atoms with van der Waals surface area (Å²) in [5.74, 6) is -3.45. The maximum atomic E-state index is 13.7. The van der Waals surface area contributed by atoms with E-state index < -0.39 is 30.7 Å². The molecule has 1 amide bonds. The number of carbonyl (C=O) groups is 1. The second-order valence-electron chi connectivity index (χ2n) is 6.40. The molecule has 0 aliphatic rings. The van der Waals surface area contributed by atoms with Gasteiger partial charge in [0, 0.05) is 6.54 Å². The molecule has 0 radical (unpaired) electrons. The van der Waals surface area contributed by atoms with Gasteiger partial charge in [0.2, 0.25) is 0 Å². The molecule has 0 heterocycles. The summed E-state index contributed by atoms with van der Waals surface area (Å²) in [5.41, 5.74) is 0.431. The Labute approximate surface area is 134 Å². The van der Waals surface area contributed by atoms with E-state index in [9.17, 15) is 18.0 Å². The number of aryl methyl sites for hydroxylation is 1. The first-order valence-electron chi connectivity index (χ1n) is 7.29. The lowest BCUT2D eigenvalue weighted by atomic mass is 10.1. The van der Waals surface area contributed by atoms with Gasteiger partial charge in [-0.15, -0.1) is 0 Å². The fraction of sp³-hybridized carbons (Fsp3) is 0.562. The summed E-state index contributed by atoms with van der Waals surface area (Å²) >= 11 is 0. The number of alkyl halides is 2. The van der Waals surface area contributed by atoms with E-state index in [0.717, 1.165) is 0 Å². The zero-order valence-electron chi connectivity index (χ0n) is 13.8. The van der Waals surface area contributed by atoms with Crippen LogP contribution in [0.15, 0.2) is 18.2 Å². The average molecular weight is 332 g/mol. The Kier molecular flexibility index (Phi) is 6.44. The van der Waals surface area contributed by atoms with Crippen molar-refractivity contribution in [1.82, 2.24) is 10.6 Å². The molecular weight excluding hydrogens is 309 g/mol. The third kappa shape index (κ3) is 7.88. The number of hydrogen-bond donors (Lipinski definition) is 2. The topological polar surface area (TPSA) is 50.4 Å². The molecule has 2 N–H and O–H groups in total. The average Bonchev–Trinajstić information content (AvgIpc) is 2.39. The second-order valence-corrected chi connectivity index (χ2v) is 6.40. The van der Waals surface area contributed by atoms with Crippen molar-refractivity contribution in [3.63, 3.8) is 0 Å². The molecule has 0 saturated carbocycles. The standard InChI is InChI=1S/C16H23F3N2O2/c1-11-7-12(5-6-13(11)17)8-20-9-16(18,19)10-21-14(22)23-15(2,3)4/h5-7,20H,8-10H2,1-4H3,(H,21,22).